The van der Waals surface area contributed by atoms with Crippen molar-refractivity contribution >= 4 is 57.5 Å². The van der Waals surface area contributed by atoms with Crippen LogP contribution >= 0.6 is 0 Å². The first-order chi connectivity index (χ1) is 28.9. The third kappa shape index (κ3) is 6.60. The summed E-state index contributed by atoms with van der Waals surface area (Å²) in [6.45, 7) is 10.5. The molecule has 306 valence electrons. The summed E-state index contributed by atoms with van der Waals surface area (Å²) in [5.41, 5.74) is 13.0. The zero-order valence-electron chi connectivity index (χ0n) is 33.8. The monoisotopic (exact) mass is 809 g/mol. The number of rotatable bonds is 12. The number of nitrogens with one attached hydrogen (secondary N) is 2. The van der Waals surface area contributed by atoms with E-state index in [4.69, 9.17) is 25.2 Å². The lowest BCUT2D eigenvalue weighted by molar-refractivity contribution is 0.0994. The number of imidazole rings is 2. The Hall–Kier alpha value is -7.30. The number of hydrogen-bond acceptors (Lipinski definition) is 10. The number of ketones is 1. The summed E-state index contributed by atoms with van der Waals surface area (Å²) in [6.07, 6.45) is 0.989. The molecule has 3 aromatic carbocycles. The van der Waals surface area contributed by atoms with E-state index in [1.165, 1.54) is 6.92 Å². The van der Waals surface area contributed by atoms with Crippen LogP contribution in [0.4, 0.5) is 11.9 Å². The molecular formula is C43H43N11O6. The Labute approximate surface area is 343 Å². The lowest BCUT2D eigenvalue weighted by Gasteiger charge is -2.30. The van der Waals surface area contributed by atoms with Crippen molar-refractivity contribution in [1.29, 1.82) is 0 Å². The number of aromatic nitrogens is 8. The molecule has 9 rings (SSSR count). The molecule has 4 N–H and O–H groups in total. The summed E-state index contributed by atoms with van der Waals surface area (Å²) in [5, 5.41) is 15.0. The molecule has 17 heteroatoms. The third-order valence-corrected chi connectivity index (χ3v) is 11.1. The van der Waals surface area contributed by atoms with Crippen molar-refractivity contribution in [2.45, 2.75) is 72.6 Å². The van der Waals surface area contributed by atoms with E-state index < -0.39 is 5.91 Å². The molecule has 2 aliphatic rings. The molecule has 0 saturated carbocycles. The van der Waals surface area contributed by atoms with E-state index in [2.05, 4.69) is 33.0 Å². The van der Waals surface area contributed by atoms with E-state index in [9.17, 15) is 19.2 Å². The number of primary amides is 1. The smallest absolute Gasteiger partial charge is 0.276 e. The molecule has 60 heavy (non-hydrogen) atoms. The zero-order valence-corrected chi connectivity index (χ0v) is 33.8. The van der Waals surface area contributed by atoms with Crippen molar-refractivity contribution in [2.75, 3.05) is 23.8 Å². The quantitative estimate of drug-likeness (QED) is 0.130. The van der Waals surface area contributed by atoms with Crippen LogP contribution < -0.4 is 25.8 Å². The lowest BCUT2D eigenvalue weighted by Crippen LogP contribution is -2.29. The fourth-order valence-electron chi connectivity index (χ4n) is 8.40. The molecule has 0 radical (unpaired) electrons. The molecule has 17 nitrogen and oxygen atoms in total. The molecule has 0 saturated heterocycles. The highest BCUT2D eigenvalue weighted by atomic mass is 16.5. The van der Waals surface area contributed by atoms with Gasteiger partial charge in [-0.2, -0.15) is 10.2 Å². The Morgan fingerprint density at radius 1 is 0.700 bits per heavy atom. The molecule has 2 atom stereocenters. The maximum atomic E-state index is 13.8. The molecule has 3 amide bonds. The second-order valence-electron chi connectivity index (χ2n) is 15.2. The van der Waals surface area contributed by atoms with Crippen LogP contribution in [0.3, 0.4) is 0 Å². The predicted octanol–water partition coefficient (Wildman–Crippen LogP) is 5.59. The number of aryl methyl sites for hydroxylation is 4. The van der Waals surface area contributed by atoms with Gasteiger partial charge in [-0.25, -0.2) is 9.97 Å². The van der Waals surface area contributed by atoms with Crippen LogP contribution in [0.25, 0.3) is 22.1 Å². The number of benzene rings is 3. The topological polar surface area (TPSA) is 208 Å². The highest BCUT2D eigenvalue weighted by molar-refractivity contribution is 6.05. The maximum absolute atomic E-state index is 13.8. The Morgan fingerprint density at radius 3 is 1.58 bits per heavy atom. The molecule has 0 spiro atoms. The molecule has 0 fully saturated rings. The van der Waals surface area contributed by atoms with E-state index in [-0.39, 0.29) is 48.5 Å². The number of anilines is 2. The lowest BCUT2D eigenvalue weighted by atomic mass is 9.94. The van der Waals surface area contributed by atoms with Crippen molar-refractivity contribution in [3.05, 3.63) is 106 Å². The molecule has 0 aliphatic carbocycles. The number of nitrogens with two attached hydrogens (primary N) is 1. The number of nitrogens with zero attached hydrogens (tertiary/aromatic N) is 8. The van der Waals surface area contributed by atoms with Crippen molar-refractivity contribution in [3.8, 4) is 11.5 Å². The van der Waals surface area contributed by atoms with Gasteiger partial charge in [0, 0.05) is 24.2 Å². The molecule has 6 heterocycles. The van der Waals surface area contributed by atoms with Crippen LogP contribution in [0.1, 0.15) is 97.1 Å². The van der Waals surface area contributed by atoms with Gasteiger partial charge in [-0.3, -0.25) is 48.3 Å². The Bertz CT molecular complexity index is 2720. The Morgan fingerprint density at radius 2 is 1.15 bits per heavy atom. The average Bonchev–Trinajstić information content (AvgIpc) is 4.00. The third-order valence-electron chi connectivity index (χ3n) is 11.1. The Balaban J connectivity index is 1.08. The van der Waals surface area contributed by atoms with Gasteiger partial charge in [0.1, 0.15) is 47.1 Å². The second-order valence-corrected chi connectivity index (χ2v) is 15.2. The minimum atomic E-state index is -0.621. The van der Waals surface area contributed by atoms with Gasteiger partial charge in [0.05, 0.1) is 34.5 Å². The summed E-state index contributed by atoms with van der Waals surface area (Å²) in [7, 11) is 0. The van der Waals surface area contributed by atoms with Crippen LogP contribution in [0.15, 0.2) is 60.7 Å². The van der Waals surface area contributed by atoms with Gasteiger partial charge in [-0.15, -0.1) is 0 Å². The summed E-state index contributed by atoms with van der Waals surface area (Å²) >= 11 is 0. The number of ether oxygens (including phenoxy) is 2. The molecule has 2 aliphatic heterocycles. The van der Waals surface area contributed by atoms with Gasteiger partial charge in [0.2, 0.25) is 17.8 Å². The van der Waals surface area contributed by atoms with E-state index in [1.54, 1.807) is 45.8 Å². The van der Waals surface area contributed by atoms with Gasteiger partial charge < -0.3 is 15.2 Å². The first-order valence-electron chi connectivity index (χ1n) is 19.9. The van der Waals surface area contributed by atoms with Crippen molar-refractivity contribution < 1.29 is 28.7 Å². The van der Waals surface area contributed by atoms with E-state index in [1.807, 2.05) is 49.0 Å². The minimum absolute atomic E-state index is 0.126. The summed E-state index contributed by atoms with van der Waals surface area (Å²) in [5.74, 6) is 0.109. The summed E-state index contributed by atoms with van der Waals surface area (Å²) in [6, 6.07) is 17.6. The fraction of sp³-hybridized carbons (Fsp3) is 0.302. The number of Topliss-reactive ketones (excluding diaryl/α,β-unsaturated/α-hetero) is 1. The average molecular weight is 810 g/mol. The SMILES string of the molecule is CCn1nc(C)cc1C(=O)Nc1nc2cc(C(C)=O)cc3c2n1[C@@H](Cc1ccccc1C[C@H]1COc2cc(C(N)=O)cc4nc(NC(=O)c5cc(C)nn5CC)n1c24)CO3. The van der Waals surface area contributed by atoms with Crippen LogP contribution in [0.5, 0.6) is 11.5 Å². The van der Waals surface area contributed by atoms with Gasteiger partial charge in [-0.1, -0.05) is 24.3 Å². The molecular weight excluding hydrogens is 767 g/mol. The van der Waals surface area contributed by atoms with Crippen LogP contribution in [0.2, 0.25) is 0 Å². The number of carbonyl (C=O) groups excluding carboxylic acids is 4. The largest absolute Gasteiger partial charge is 0.489 e. The minimum Gasteiger partial charge on any atom is -0.489 e. The number of amides is 3. The molecule has 4 aromatic heterocycles. The summed E-state index contributed by atoms with van der Waals surface area (Å²) in [4.78, 5) is 62.0. The highest BCUT2D eigenvalue weighted by Gasteiger charge is 2.33. The highest BCUT2D eigenvalue weighted by Crippen LogP contribution is 2.41. The number of hydrogen-bond donors (Lipinski definition) is 3. The van der Waals surface area contributed by atoms with Crippen LogP contribution in [0, 0.1) is 13.8 Å². The van der Waals surface area contributed by atoms with E-state index >= 15 is 0 Å². The fourth-order valence-corrected chi connectivity index (χ4v) is 8.40. The first kappa shape index (κ1) is 38.2. The molecule has 0 bridgehead atoms. The normalized spacial score (nSPS) is 15.5. The van der Waals surface area contributed by atoms with Gasteiger partial charge in [0.25, 0.3) is 11.8 Å². The van der Waals surface area contributed by atoms with E-state index in [0.717, 1.165) is 16.8 Å². The van der Waals surface area contributed by atoms with Crippen LogP contribution in [-0.2, 0) is 25.9 Å². The first-order valence-corrected chi connectivity index (χ1v) is 19.9. The van der Waals surface area contributed by atoms with Gasteiger partial charge >= 0.3 is 0 Å². The standard InChI is InChI=1S/C43H43N11O6/c1-6-51-33(12-22(3)49-51)40(57)47-42-45-31-16-27(24(5)55)18-35-37(31)53(42)29(20-59-35)14-25-10-8-9-11-26(25)15-30-21-60-36-19-28(39(44)56)17-32-38(36)54(30)43(46-32)48-41(58)34-13-23(4)50-52(34)7-2/h8-13,16-19,29-30H,6-7,14-15,20-21H2,1-5H3,(H2,44,56)(H,45,47,57)(H,46,48,58)/t29-,30-/m0/s1. The predicted molar refractivity (Wildman–Crippen MR) is 222 cm³/mol. The second kappa shape index (κ2) is 14.8. The Kier molecular flexibility index (Phi) is 9.44. The van der Waals surface area contributed by atoms with Gasteiger partial charge in [-0.05, 0) is 95.0 Å². The van der Waals surface area contributed by atoms with E-state index in [0.29, 0.717) is 94.0 Å². The van der Waals surface area contributed by atoms with Crippen molar-refractivity contribution in [3.63, 3.8) is 0 Å². The van der Waals surface area contributed by atoms with Crippen LogP contribution in [-0.4, -0.2) is 75.4 Å². The molecule has 0 unspecified atom stereocenters. The maximum Gasteiger partial charge on any atom is 0.276 e. The number of carbonyl (C=O) groups is 4. The zero-order chi connectivity index (χ0) is 42.0. The van der Waals surface area contributed by atoms with Gasteiger partial charge in [0.15, 0.2) is 5.78 Å². The van der Waals surface area contributed by atoms with Crippen molar-refractivity contribution in [1.82, 2.24) is 38.7 Å². The molecule has 7 aromatic rings. The van der Waals surface area contributed by atoms with Crippen molar-refractivity contribution in [2.24, 2.45) is 5.73 Å². The summed E-state index contributed by atoms with van der Waals surface area (Å²) < 4.78 is 19.9.